The molecular weight excluding hydrogens is 298 g/mol. The molecule has 5 heteroatoms. The fraction of sp³-hybridized carbons (Fsp3) is 0.462. The van der Waals surface area contributed by atoms with Gasteiger partial charge in [-0.2, -0.15) is 5.26 Å². The first-order valence-electron chi connectivity index (χ1n) is 5.67. The molecule has 0 radical (unpaired) electrons. The molecule has 0 amide bonds. The highest BCUT2D eigenvalue weighted by Gasteiger charge is 2.06. The highest BCUT2D eigenvalue weighted by molar-refractivity contribution is 9.10. The van der Waals surface area contributed by atoms with E-state index in [-0.39, 0.29) is 0 Å². The number of rotatable bonds is 8. The Bertz CT molecular complexity index is 404. The van der Waals surface area contributed by atoms with E-state index in [4.69, 9.17) is 19.5 Å². The molecule has 0 bridgehead atoms. The minimum atomic E-state index is 0.526. The Labute approximate surface area is 116 Å². The molecule has 0 unspecified atom stereocenters. The molecule has 0 heterocycles. The third-order valence-electron chi connectivity index (χ3n) is 2.21. The van der Waals surface area contributed by atoms with E-state index in [1.54, 1.807) is 13.2 Å². The Morgan fingerprint density at radius 1 is 1.22 bits per heavy atom. The van der Waals surface area contributed by atoms with Crippen LogP contribution in [0.3, 0.4) is 0 Å². The number of hydrogen-bond donors (Lipinski definition) is 0. The Balaban J connectivity index is 2.28. The minimum Gasteiger partial charge on any atom is -0.492 e. The molecule has 1 rings (SSSR count). The Hall–Kier alpha value is -1.09. The minimum absolute atomic E-state index is 0.526. The predicted molar refractivity (Wildman–Crippen MR) is 71.7 cm³/mol. The molecule has 0 saturated carbocycles. The quantitative estimate of drug-likeness (QED) is 0.692. The summed E-state index contributed by atoms with van der Waals surface area (Å²) in [5, 5.41) is 9.00. The van der Waals surface area contributed by atoms with Crippen LogP contribution < -0.4 is 4.74 Å². The molecule has 0 saturated heterocycles. The molecular formula is C13H16BrNO3. The molecule has 0 atom stereocenters. The maximum Gasteiger partial charge on any atom is 0.138 e. The summed E-state index contributed by atoms with van der Waals surface area (Å²) in [6.07, 6.45) is 0.779. The molecule has 0 spiro atoms. The number of nitrogens with zero attached hydrogens (tertiary/aromatic N) is 1. The average molecular weight is 314 g/mol. The molecule has 1 aromatic rings. The van der Waals surface area contributed by atoms with Crippen LogP contribution in [-0.2, 0) is 9.47 Å². The fourth-order valence-electron chi connectivity index (χ4n) is 1.32. The normalized spacial score (nSPS) is 10.1. The topological polar surface area (TPSA) is 51.5 Å². The molecule has 0 N–H and O–H groups in total. The van der Waals surface area contributed by atoms with Crippen molar-refractivity contribution >= 4 is 15.9 Å². The monoisotopic (exact) mass is 313 g/mol. The summed E-state index contributed by atoms with van der Waals surface area (Å²) in [6, 6.07) is 7.56. The average Bonchev–Trinajstić information content (AvgIpc) is 2.38. The van der Waals surface area contributed by atoms with Crippen molar-refractivity contribution in [1.29, 1.82) is 5.26 Å². The Morgan fingerprint density at radius 2 is 2.06 bits per heavy atom. The number of nitriles is 1. The molecule has 0 fully saturated rings. The molecule has 4 nitrogen and oxygen atoms in total. The smallest absolute Gasteiger partial charge is 0.138 e. The number of benzene rings is 1. The van der Waals surface area contributed by atoms with Crippen LogP contribution in [-0.4, -0.2) is 33.5 Å². The zero-order chi connectivity index (χ0) is 13.2. The van der Waals surface area contributed by atoms with Crippen molar-refractivity contribution in [1.82, 2.24) is 0 Å². The van der Waals surface area contributed by atoms with Crippen molar-refractivity contribution in [2.45, 2.75) is 6.42 Å². The van der Waals surface area contributed by atoms with Crippen LogP contribution in [0.15, 0.2) is 22.7 Å². The Kier molecular flexibility index (Phi) is 7.42. The van der Waals surface area contributed by atoms with Gasteiger partial charge >= 0.3 is 0 Å². The van der Waals surface area contributed by atoms with Crippen LogP contribution in [0.2, 0.25) is 0 Å². The second-order valence-corrected chi connectivity index (χ2v) is 4.39. The lowest BCUT2D eigenvalue weighted by Gasteiger charge is -2.09. The zero-order valence-corrected chi connectivity index (χ0v) is 11.9. The van der Waals surface area contributed by atoms with Crippen LogP contribution in [0.4, 0.5) is 0 Å². The summed E-state index contributed by atoms with van der Waals surface area (Å²) in [7, 11) is 1.64. The van der Waals surface area contributed by atoms with Crippen LogP contribution in [0.1, 0.15) is 12.0 Å². The fourth-order valence-corrected chi connectivity index (χ4v) is 1.76. The summed E-state index contributed by atoms with van der Waals surface area (Å²) in [5.74, 6) is 0.601. The summed E-state index contributed by atoms with van der Waals surface area (Å²) in [5.41, 5.74) is 0.526. The molecule has 0 aliphatic carbocycles. The maximum absolute atomic E-state index is 9.00. The van der Waals surface area contributed by atoms with Gasteiger partial charge in [0.25, 0.3) is 0 Å². The van der Waals surface area contributed by atoms with E-state index in [0.29, 0.717) is 37.7 Å². The SMILES string of the molecule is COCCOCCCOc1cccc(Br)c1C#N. The first-order chi connectivity index (χ1) is 8.79. The van der Waals surface area contributed by atoms with E-state index in [9.17, 15) is 0 Å². The highest BCUT2D eigenvalue weighted by atomic mass is 79.9. The number of ether oxygens (including phenoxy) is 3. The van der Waals surface area contributed by atoms with Crippen molar-refractivity contribution in [2.24, 2.45) is 0 Å². The standard InChI is InChI=1S/C13H16BrNO3/c1-16-8-9-17-6-3-7-18-13-5-2-4-12(14)11(13)10-15/h2,4-5H,3,6-9H2,1H3. The van der Waals surface area contributed by atoms with E-state index in [1.807, 2.05) is 12.1 Å². The van der Waals surface area contributed by atoms with Crippen molar-refractivity contribution in [3.05, 3.63) is 28.2 Å². The van der Waals surface area contributed by atoms with Gasteiger partial charge in [0.05, 0.1) is 19.8 Å². The number of halogens is 1. The van der Waals surface area contributed by atoms with Gasteiger partial charge < -0.3 is 14.2 Å². The van der Waals surface area contributed by atoms with Gasteiger partial charge in [0.2, 0.25) is 0 Å². The first-order valence-corrected chi connectivity index (χ1v) is 6.47. The van der Waals surface area contributed by atoms with Crippen LogP contribution >= 0.6 is 15.9 Å². The molecule has 0 aliphatic heterocycles. The lowest BCUT2D eigenvalue weighted by atomic mass is 10.2. The summed E-state index contributed by atoms with van der Waals surface area (Å²) in [6.45, 7) is 2.35. The van der Waals surface area contributed by atoms with Crippen LogP contribution in [0.5, 0.6) is 5.75 Å². The third kappa shape index (κ3) is 5.05. The van der Waals surface area contributed by atoms with E-state index in [0.717, 1.165) is 10.9 Å². The highest BCUT2D eigenvalue weighted by Crippen LogP contribution is 2.25. The zero-order valence-electron chi connectivity index (χ0n) is 10.3. The van der Waals surface area contributed by atoms with E-state index in [1.165, 1.54) is 0 Å². The van der Waals surface area contributed by atoms with Gasteiger partial charge in [0.15, 0.2) is 0 Å². The van der Waals surface area contributed by atoms with Gasteiger partial charge in [0.1, 0.15) is 17.4 Å². The van der Waals surface area contributed by atoms with E-state index >= 15 is 0 Å². The molecule has 0 aliphatic rings. The predicted octanol–water partition coefficient (Wildman–Crippen LogP) is 2.75. The van der Waals surface area contributed by atoms with Crippen molar-refractivity contribution in [2.75, 3.05) is 33.5 Å². The number of methoxy groups -OCH3 is 1. The van der Waals surface area contributed by atoms with Gasteiger partial charge in [-0.3, -0.25) is 0 Å². The summed E-state index contributed by atoms with van der Waals surface area (Å²) >= 11 is 3.32. The van der Waals surface area contributed by atoms with Gasteiger partial charge in [-0.25, -0.2) is 0 Å². The van der Waals surface area contributed by atoms with E-state index in [2.05, 4.69) is 22.0 Å². The lowest BCUT2D eigenvalue weighted by molar-refractivity contribution is 0.0644. The van der Waals surface area contributed by atoms with Crippen molar-refractivity contribution in [3.63, 3.8) is 0 Å². The first kappa shape index (κ1) is 15.0. The van der Waals surface area contributed by atoms with Gasteiger partial charge in [-0.1, -0.05) is 6.07 Å². The lowest BCUT2D eigenvalue weighted by Crippen LogP contribution is -2.07. The Morgan fingerprint density at radius 3 is 2.78 bits per heavy atom. The van der Waals surface area contributed by atoms with Gasteiger partial charge in [-0.15, -0.1) is 0 Å². The molecule has 18 heavy (non-hydrogen) atoms. The second kappa shape index (κ2) is 8.92. The molecule has 98 valence electrons. The number of hydrogen-bond acceptors (Lipinski definition) is 4. The van der Waals surface area contributed by atoms with Crippen LogP contribution in [0.25, 0.3) is 0 Å². The summed E-state index contributed by atoms with van der Waals surface area (Å²) in [4.78, 5) is 0. The second-order valence-electron chi connectivity index (χ2n) is 3.53. The largest absolute Gasteiger partial charge is 0.492 e. The van der Waals surface area contributed by atoms with Crippen LogP contribution in [0, 0.1) is 11.3 Å². The third-order valence-corrected chi connectivity index (χ3v) is 2.87. The molecule has 1 aromatic carbocycles. The van der Waals surface area contributed by atoms with Gasteiger partial charge in [-0.05, 0) is 28.1 Å². The van der Waals surface area contributed by atoms with Gasteiger partial charge in [0, 0.05) is 24.6 Å². The summed E-state index contributed by atoms with van der Waals surface area (Å²) < 4.78 is 16.5. The van der Waals surface area contributed by atoms with Crippen molar-refractivity contribution < 1.29 is 14.2 Å². The maximum atomic E-state index is 9.00. The van der Waals surface area contributed by atoms with E-state index < -0.39 is 0 Å². The van der Waals surface area contributed by atoms with Crippen molar-refractivity contribution in [3.8, 4) is 11.8 Å². The molecule has 0 aromatic heterocycles.